The highest BCUT2D eigenvalue weighted by atomic mass is 35.5. The first-order valence-electron chi connectivity index (χ1n) is 5.40. The SMILES string of the molecule is CCCS(=O)(=O)CCn1cnc(Cl)c(OC)c1=O. The summed E-state index contributed by atoms with van der Waals surface area (Å²) < 4.78 is 29.1. The second kappa shape index (κ2) is 6.19. The summed E-state index contributed by atoms with van der Waals surface area (Å²) in [6.07, 6.45) is 1.77. The summed E-state index contributed by atoms with van der Waals surface area (Å²) in [4.78, 5) is 15.6. The Bertz CT molecular complexity index is 568. The van der Waals surface area contributed by atoms with Crippen LogP contribution in [0.25, 0.3) is 0 Å². The quantitative estimate of drug-likeness (QED) is 0.723. The Labute approximate surface area is 110 Å². The van der Waals surface area contributed by atoms with Crippen molar-refractivity contribution in [2.45, 2.75) is 19.9 Å². The average Bonchev–Trinajstić information content (AvgIpc) is 2.28. The maximum atomic E-state index is 11.8. The lowest BCUT2D eigenvalue weighted by molar-refractivity contribution is 0.400. The van der Waals surface area contributed by atoms with Crippen molar-refractivity contribution in [2.75, 3.05) is 18.6 Å². The largest absolute Gasteiger partial charge is 0.489 e. The molecule has 0 spiro atoms. The van der Waals surface area contributed by atoms with Crippen LogP contribution in [-0.2, 0) is 16.4 Å². The van der Waals surface area contributed by atoms with Gasteiger partial charge in [-0.3, -0.25) is 9.36 Å². The predicted octanol–water partition coefficient (Wildman–Crippen LogP) is 0.730. The second-order valence-electron chi connectivity index (χ2n) is 3.72. The smallest absolute Gasteiger partial charge is 0.297 e. The molecule has 0 aromatic carbocycles. The van der Waals surface area contributed by atoms with Gasteiger partial charge in [-0.15, -0.1) is 0 Å². The van der Waals surface area contributed by atoms with Gasteiger partial charge in [0.05, 0.1) is 19.2 Å². The van der Waals surface area contributed by atoms with Gasteiger partial charge in [-0.25, -0.2) is 13.4 Å². The number of methoxy groups -OCH3 is 1. The lowest BCUT2D eigenvalue weighted by atomic mass is 10.5. The third-order valence-electron chi connectivity index (χ3n) is 2.32. The Hall–Kier alpha value is -1.08. The number of sulfone groups is 1. The number of rotatable bonds is 6. The maximum Gasteiger partial charge on any atom is 0.297 e. The topological polar surface area (TPSA) is 78.3 Å². The Morgan fingerprint density at radius 3 is 2.67 bits per heavy atom. The molecule has 1 heterocycles. The van der Waals surface area contributed by atoms with Crippen LogP contribution in [0.4, 0.5) is 0 Å². The molecule has 1 aromatic rings. The number of hydrogen-bond acceptors (Lipinski definition) is 5. The molecule has 0 aliphatic heterocycles. The Kier molecular flexibility index (Phi) is 5.15. The zero-order valence-electron chi connectivity index (χ0n) is 10.2. The summed E-state index contributed by atoms with van der Waals surface area (Å²) in [5.74, 6) is -0.0697. The summed E-state index contributed by atoms with van der Waals surface area (Å²) >= 11 is 5.67. The minimum Gasteiger partial charge on any atom is -0.489 e. The summed E-state index contributed by atoms with van der Waals surface area (Å²) in [5.41, 5.74) is -0.482. The first kappa shape index (κ1) is 15.0. The van der Waals surface area contributed by atoms with Gasteiger partial charge >= 0.3 is 0 Å². The first-order valence-corrected chi connectivity index (χ1v) is 7.60. The lowest BCUT2D eigenvalue weighted by Crippen LogP contribution is -2.26. The molecule has 18 heavy (non-hydrogen) atoms. The van der Waals surface area contributed by atoms with Gasteiger partial charge in [-0.05, 0) is 6.42 Å². The Balaban J connectivity index is 2.91. The fraction of sp³-hybridized carbons (Fsp3) is 0.600. The van der Waals surface area contributed by atoms with Crippen LogP contribution in [0.2, 0.25) is 5.15 Å². The molecule has 0 amide bonds. The summed E-state index contributed by atoms with van der Waals surface area (Å²) in [6.45, 7) is 1.83. The van der Waals surface area contributed by atoms with Crippen LogP contribution in [0.1, 0.15) is 13.3 Å². The number of hydrogen-bond donors (Lipinski definition) is 0. The first-order chi connectivity index (χ1) is 8.41. The highest BCUT2D eigenvalue weighted by Gasteiger charge is 2.13. The number of aromatic nitrogens is 2. The number of nitrogens with zero attached hydrogens (tertiary/aromatic N) is 2. The van der Waals surface area contributed by atoms with Gasteiger partial charge in [0.1, 0.15) is 0 Å². The minimum absolute atomic E-state index is 0.0323. The molecule has 1 rings (SSSR count). The van der Waals surface area contributed by atoms with E-state index in [1.54, 1.807) is 6.92 Å². The fourth-order valence-corrected chi connectivity index (χ4v) is 2.93. The molecule has 0 radical (unpaired) electrons. The van der Waals surface area contributed by atoms with Gasteiger partial charge in [0.25, 0.3) is 5.56 Å². The van der Waals surface area contributed by atoms with Gasteiger partial charge in [0.2, 0.25) is 5.75 Å². The molecule has 0 aliphatic rings. The number of halogens is 1. The van der Waals surface area contributed by atoms with Crippen LogP contribution in [-0.4, -0.2) is 36.6 Å². The van der Waals surface area contributed by atoms with Crippen molar-refractivity contribution in [3.63, 3.8) is 0 Å². The van der Waals surface area contributed by atoms with Crippen molar-refractivity contribution in [3.05, 3.63) is 21.8 Å². The van der Waals surface area contributed by atoms with E-state index in [4.69, 9.17) is 16.3 Å². The van der Waals surface area contributed by atoms with Crippen LogP contribution in [0.15, 0.2) is 11.1 Å². The van der Waals surface area contributed by atoms with Crippen molar-refractivity contribution in [2.24, 2.45) is 0 Å². The summed E-state index contributed by atoms with van der Waals surface area (Å²) in [6, 6.07) is 0. The van der Waals surface area contributed by atoms with Crippen LogP contribution >= 0.6 is 11.6 Å². The van der Waals surface area contributed by atoms with E-state index in [2.05, 4.69) is 4.98 Å². The van der Waals surface area contributed by atoms with Gasteiger partial charge in [-0.1, -0.05) is 18.5 Å². The molecule has 0 aliphatic carbocycles. The number of aryl methyl sites for hydroxylation is 1. The van der Waals surface area contributed by atoms with Crippen molar-refractivity contribution >= 4 is 21.4 Å². The molecular formula is C10H15ClN2O4S. The van der Waals surface area contributed by atoms with Crippen LogP contribution in [0.5, 0.6) is 5.75 Å². The summed E-state index contributed by atoms with van der Waals surface area (Å²) in [7, 11) is -1.83. The summed E-state index contributed by atoms with van der Waals surface area (Å²) in [5, 5.41) is -0.0323. The Morgan fingerprint density at radius 2 is 2.11 bits per heavy atom. The third kappa shape index (κ3) is 3.71. The van der Waals surface area contributed by atoms with E-state index in [1.807, 2.05) is 0 Å². The van der Waals surface area contributed by atoms with Crippen LogP contribution in [0.3, 0.4) is 0 Å². The third-order valence-corrected chi connectivity index (χ3v) is 4.42. The maximum absolute atomic E-state index is 11.8. The molecule has 0 unspecified atom stereocenters. The van der Waals surface area contributed by atoms with Gasteiger partial charge in [0, 0.05) is 12.3 Å². The molecule has 102 valence electrons. The zero-order valence-corrected chi connectivity index (χ0v) is 11.8. The molecule has 8 heteroatoms. The van der Waals surface area contributed by atoms with Crippen molar-refractivity contribution in [1.29, 1.82) is 0 Å². The average molecular weight is 295 g/mol. The van der Waals surface area contributed by atoms with E-state index in [0.29, 0.717) is 6.42 Å². The van der Waals surface area contributed by atoms with E-state index in [1.165, 1.54) is 18.0 Å². The molecule has 0 bridgehead atoms. The molecule has 1 aromatic heterocycles. The molecule has 0 fully saturated rings. The predicted molar refractivity (Wildman–Crippen MR) is 69.0 cm³/mol. The van der Waals surface area contributed by atoms with Crippen molar-refractivity contribution < 1.29 is 13.2 Å². The molecular weight excluding hydrogens is 280 g/mol. The van der Waals surface area contributed by atoms with E-state index in [-0.39, 0.29) is 29.0 Å². The van der Waals surface area contributed by atoms with E-state index in [0.717, 1.165) is 0 Å². The van der Waals surface area contributed by atoms with Gasteiger partial charge in [0.15, 0.2) is 15.0 Å². The zero-order chi connectivity index (χ0) is 13.8. The molecule has 0 saturated heterocycles. The van der Waals surface area contributed by atoms with Crippen LogP contribution < -0.4 is 10.3 Å². The van der Waals surface area contributed by atoms with E-state index in [9.17, 15) is 13.2 Å². The van der Waals surface area contributed by atoms with Crippen LogP contribution in [0, 0.1) is 0 Å². The Morgan fingerprint density at radius 1 is 1.44 bits per heavy atom. The number of ether oxygens (including phenoxy) is 1. The molecule has 0 N–H and O–H groups in total. The fourth-order valence-electron chi connectivity index (χ4n) is 1.43. The van der Waals surface area contributed by atoms with E-state index < -0.39 is 15.4 Å². The standard InChI is InChI=1S/C10H15ClN2O4S/c1-3-5-18(15,16)6-4-13-7-12-9(11)8(17-2)10(13)14/h7H,3-6H2,1-2H3. The minimum atomic E-state index is -3.14. The van der Waals surface area contributed by atoms with Crippen molar-refractivity contribution in [3.8, 4) is 5.75 Å². The van der Waals surface area contributed by atoms with Crippen molar-refractivity contribution in [1.82, 2.24) is 9.55 Å². The second-order valence-corrected chi connectivity index (χ2v) is 6.38. The molecule has 6 nitrogen and oxygen atoms in total. The van der Waals surface area contributed by atoms with Gasteiger partial charge < -0.3 is 4.74 Å². The lowest BCUT2D eigenvalue weighted by Gasteiger charge is -2.08. The highest BCUT2D eigenvalue weighted by Crippen LogP contribution is 2.14. The van der Waals surface area contributed by atoms with E-state index >= 15 is 0 Å². The highest BCUT2D eigenvalue weighted by molar-refractivity contribution is 7.91. The van der Waals surface area contributed by atoms with Gasteiger partial charge in [-0.2, -0.15) is 0 Å². The molecule has 0 saturated carbocycles. The molecule has 0 atom stereocenters. The normalized spacial score (nSPS) is 11.5. The monoisotopic (exact) mass is 294 g/mol.